The van der Waals surface area contributed by atoms with Gasteiger partial charge in [0.2, 0.25) is 0 Å². The molecule has 1 aliphatic heterocycles. The molecule has 1 unspecified atom stereocenters. The summed E-state index contributed by atoms with van der Waals surface area (Å²) in [5.74, 6) is 0. The van der Waals surface area contributed by atoms with Crippen molar-refractivity contribution in [1.82, 2.24) is 0 Å². The first kappa shape index (κ1) is 11.9. The van der Waals surface area contributed by atoms with Crippen LogP contribution in [0.5, 0.6) is 0 Å². The fourth-order valence-electron chi connectivity index (χ4n) is 1.89. The summed E-state index contributed by atoms with van der Waals surface area (Å²) in [5, 5.41) is 4.11. The molecule has 0 bridgehead atoms. The summed E-state index contributed by atoms with van der Waals surface area (Å²) in [6.45, 7) is 2.20. The molecule has 1 aromatic carbocycles. The Balaban J connectivity index is 1.83. The summed E-state index contributed by atoms with van der Waals surface area (Å²) in [6.07, 6.45) is 8.94. The van der Waals surface area contributed by atoms with Crippen LogP contribution in [-0.2, 0) is 4.84 Å². The number of hydrogen-bond donors (Lipinski definition) is 0. The molecule has 90 valence electrons. The monoisotopic (exact) mass is 229 g/mol. The topological polar surface area (TPSA) is 21.6 Å². The Morgan fingerprint density at radius 2 is 2.12 bits per heavy atom. The van der Waals surface area contributed by atoms with Crippen LogP contribution in [0.2, 0.25) is 0 Å². The van der Waals surface area contributed by atoms with Crippen molar-refractivity contribution in [2.24, 2.45) is 5.16 Å². The molecule has 17 heavy (non-hydrogen) atoms. The minimum Gasteiger partial charge on any atom is -0.392 e. The predicted molar refractivity (Wildman–Crippen MR) is 71.9 cm³/mol. The van der Waals surface area contributed by atoms with E-state index in [4.69, 9.17) is 4.84 Å². The summed E-state index contributed by atoms with van der Waals surface area (Å²) < 4.78 is 0. The maximum absolute atomic E-state index is 5.39. The third-order valence-corrected chi connectivity index (χ3v) is 2.90. The number of unbranched alkanes of at least 4 members (excludes halogenated alkanes) is 1. The second kappa shape index (κ2) is 6.24. The minimum absolute atomic E-state index is 0.297. The fourth-order valence-corrected chi connectivity index (χ4v) is 1.89. The maximum Gasteiger partial charge on any atom is 0.133 e. The van der Waals surface area contributed by atoms with Crippen molar-refractivity contribution in [2.75, 3.05) is 0 Å². The zero-order chi connectivity index (χ0) is 11.9. The highest BCUT2D eigenvalue weighted by Gasteiger charge is 2.18. The van der Waals surface area contributed by atoms with Gasteiger partial charge in [0.1, 0.15) is 6.10 Å². The lowest BCUT2D eigenvalue weighted by molar-refractivity contribution is 0.0774. The van der Waals surface area contributed by atoms with E-state index in [9.17, 15) is 0 Å². The average Bonchev–Trinajstić information content (AvgIpc) is 2.83. The molecule has 1 aliphatic rings. The van der Waals surface area contributed by atoms with Crippen molar-refractivity contribution >= 4 is 11.8 Å². The van der Waals surface area contributed by atoms with E-state index in [1.54, 1.807) is 0 Å². The molecular weight excluding hydrogens is 210 g/mol. The zero-order valence-electron chi connectivity index (χ0n) is 10.3. The van der Waals surface area contributed by atoms with Gasteiger partial charge in [-0.05, 0) is 24.5 Å². The van der Waals surface area contributed by atoms with Gasteiger partial charge < -0.3 is 4.84 Å². The molecule has 0 spiro atoms. The van der Waals surface area contributed by atoms with E-state index in [-0.39, 0.29) is 0 Å². The Hall–Kier alpha value is -1.57. The van der Waals surface area contributed by atoms with Gasteiger partial charge in [-0.3, -0.25) is 0 Å². The third kappa shape index (κ3) is 3.74. The highest BCUT2D eigenvalue weighted by Crippen LogP contribution is 2.17. The van der Waals surface area contributed by atoms with Gasteiger partial charge in [0, 0.05) is 6.42 Å². The largest absolute Gasteiger partial charge is 0.392 e. The van der Waals surface area contributed by atoms with E-state index in [0.29, 0.717) is 6.10 Å². The van der Waals surface area contributed by atoms with E-state index < -0.39 is 0 Å². The van der Waals surface area contributed by atoms with Crippen molar-refractivity contribution in [3.05, 3.63) is 42.0 Å². The molecule has 2 nitrogen and oxygen atoms in total. The normalized spacial score (nSPS) is 19.4. The molecule has 1 heterocycles. The van der Waals surface area contributed by atoms with Crippen LogP contribution in [0.25, 0.3) is 6.08 Å². The van der Waals surface area contributed by atoms with Crippen molar-refractivity contribution in [2.45, 2.75) is 38.7 Å². The van der Waals surface area contributed by atoms with E-state index >= 15 is 0 Å². The minimum atomic E-state index is 0.297. The van der Waals surface area contributed by atoms with Crippen LogP contribution < -0.4 is 0 Å². The summed E-state index contributed by atoms with van der Waals surface area (Å²) in [5.41, 5.74) is 2.25. The Morgan fingerprint density at radius 3 is 2.88 bits per heavy atom. The molecule has 2 rings (SSSR count). The first-order valence-electron chi connectivity index (χ1n) is 6.34. The zero-order valence-corrected chi connectivity index (χ0v) is 10.3. The van der Waals surface area contributed by atoms with E-state index in [1.807, 2.05) is 18.2 Å². The highest BCUT2D eigenvalue weighted by atomic mass is 16.6. The molecule has 0 aromatic heterocycles. The number of rotatable bonds is 5. The standard InChI is InChI=1S/C15H19NO/c1-2-3-9-15-12-14(16-17-15)11-10-13-7-5-4-6-8-13/h4-8,10-11,15H,2-3,9,12H2,1H3/b11-10+. The predicted octanol–water partition coefficient (Wildman–Crippen LogP) is 4.03. The van der Waals surface area contributed by atoms with Crippen LogP contribution >= 0.6 is 0 Å². The molecule has 0 saturated heterocycles. The van der Waals surface area contributed by atoms with Gasteiger partial charge in [0.25, 0.3) is 0 Å². The summed E-state index contributed by atoms with van der Waals surface area (Å²) >= 11 is 0. The smallest absolute Gasteiger partial charge is 0.133 e. The number of oxime groups is 1. The van der Waals surface area contributed by atoms with Crippen LogP contribution in [0.4, 0.5) is 0 Å². The van der Waals surface area contributed by atoms with Gasteiger partial charge in [-0.1, -0.05) is 54.9 Å². The molecule has 0 saturated carbocycles. The first-order valence-corrected chi connectivity index (χ1v) is 6.34. The third-order valence-electron chi connectivity index (χ3n) is 2.90. The van der Waals surface area contributed by atoms with Gasteiger partial charge in [-0.25, -0.2) is 0 Å². The molecular formula is C15H19NO. The number of nitrogens with zero attached hydrogens (tertiary/aromatic N) is 1. The van der Waals surface area contributed by atoms with E-state index in [0.717, 1.165) is 18.6 Å². The van der Waals surface area contributed by atoms with Crippen molar-refractivity contribution in [3.63, 3.8) is 0 Å². The first-order chi connectivity index (χ1) is 8.38. The van der Waals surface area contributed by atoms with Gasteiger partial charge in [0.15, 0.2) is 0 Å². The van der Waals surface area contributed by atoms with Gasteiger partial charge in [-0.15, -0.1) is 0 Å². The SMILES string of the molecule is CCCCC1CC(/C=C/c2ccccc2)=NO1. The summed E-state index contributed by atoms with van der Waals surface area (Å²) in [4.78, 5) is 5.39. The molecule has 0 amide bonds. The number of benzene rings is 1. The van der Waals surface area contributed by atoms with Crippen LogP contribution in [0.3, 0.4) is 0 Å². The van der Waals surface area contributed by atoms with Crippen LogP contribution in [0.1, 0.15) is 38.2 Å². The van der Waals surface area contributed by atoms with Gasteiger partial charge in [-0.2, -0.15) is 0 Å². The second-order valence-electron chi connectivity index (χ2n) is 4.40. The summed E-state index contributed by atoms with van der Waals surface area (Å²) in [7, 11) is 0. The molecule has 1 aromatic rings. The van der Waals surface area contributed by atoms with Gasteiger partial charge in [0.05, 0.1) is 5.71 Å². The van der Waals surface area contributed by atoms with Crippen molar-refractivity contribution in [3.8, 4) is 0 Å². The van der Waals surface area contributed by atoms with Gasteiger partial charge >= 0.3 is 0 Å². The molecule has 0 radical (unpaired) electrons. The van der Waals surface area contributed by atoms with Crippen molar-refractivity contribution in [1.29, 1.82) is 0 Å². The summed E-state index contributed by atoms with van der Waals surface area (Å²) in [6, 6.07) is 10.3. The van der Waals surface area contributed by atoms with Crippen LogP contribution in [0.15, 0.2) is 41.6 Å². The maximum atomic E-state index is 5.39. The molecule has 0 fully saturated rings. The van der Waals surface area contributed by atoms with E-state index in [2.05, 4.69) is 36.4 Å². The second-order valence-corrected chi connectivity index (χ2v) is 4.40. The lowest BCUT2D eigenvalue weighted by atomic mass is 10.1. The Bertz CT molecular complexity index is 395. The quantitative estimate of drug-likeness (QED) is 0.746. The average molecular weight is 229 g/mol. The van der Waals surface area contributed by atoms with Crippen LogP contribution in [0, 0.1) is 0 Å². The molecule has 2 heteroatoms. The molecule has 1 atom stereocenters. The fraction of sp³-hybridized carbons (Fsp3) is 0.400. The van der Waals surface area contributed by atoms with E-state index in [1.165, 1.54) is 18.4 Å². The Kier molecular flexibility index (Phi) is 4.37. The number of allylic oxidation sites excluding steroid dienone is 1. The lowest BCUT2D eigenvalue weighted by Gasteiger charge is -2.05. The Labute approximate surface area is 103 Å². The van der Waals surface area contributed by atoms with Crippen LogP contribution in [-0.4, -0.2) is 11.8 Å². The highest BCUT2D eigenvalue weighted by molar-refractivity contribution is 5.98. The number of hydrogen-bond acceptors (Lipinski definition) is 2. The Morgan fingerprint density at radius 1 is 1.29 bits per heavy atom. The van der Waals surface area contributed by atoms with Crippen molar-refractivity contribution < 1.29 is 4.84 Å². The molecule has 0 N–H and O–H groups in total. The lowest BCUT2D eigenvalue weighted by Crippen LogP contribution is -2.06. The molecule has 0 aliphatic carbocycles.